The number of nitrogen functional groups attached to an aromatic ring is 1. The molecule has 2 aromatic heterocycles. The standard InChI is InChI=1S/C18H22N4O3/c1-11(6-7-12-5-4-8-25-12)20-18-21-14-10-16(24-3)15(23-2)9-13(14)17(19)22-18/h4-5,8-11H,6-7H2,1-3H3,(H3,19,20,21,22). The van der Waals surface area contributed by atoms with Crippen LogP contribution in [-0.4, -0.2) is 30.2 Å². The number of rotatable bonds is 7. The molecule has 1 aromatic carbocycles. The van der Waals surface area contributed by atoms with E-state index in [9.17, 15) is 0 Å². The first-order chi connectivity index (χ1) is 12.1. The summed E-state index contributed by atoms with van der Waals surface area (Å²) in [5.41, 5.74) is 6.80. The molecular weight excluding hydrogens is 320 g/mol. The van der Waals surface area contributed by atoms with Gasteiger partial charge in [0, 0.05) is 23.9 Å². The van der Waals surface area contributed by atoms with Crippen LogP contribution in [0.2, 0.25) is 0 Å². The molecule has 3 N–H and O–H groups in total. The number of nitrogens with zero attached hydrogens (tertiary/aromatic N) is 2. The van der Waals surface area contributed by atoms with Crippen molar-refractivity contribution in [3.8, 4) is 11.5 Å². The summed E-state index contributed by atoms with van der Waals surface area (Å²) in [4.78, 5) is 8.90. The summed E-state index contributed by atoms with van der Waals surface area (Å²) >= 11 is 0. The van der Waals surface area contributed by atoms with Gasteiger partial charge >= 0.3 is 0 Å². The summed E-state index contributed by atoms with van der Waals surface area (Å²) in [5.74, 6) is 3.04. The molecule has 0 aliphatic carbocycles. The van der Waals surface area contributed by atoms with Crippen molar-refractivity contribution >= 4 is 22.7 Å². The summed E-state index contributed by atoms with van der Waals surface area (Å²) in [6.07, 6.45) is 3.41. The van der Waals surface area contributed by atoms with Crippen LogP contribution < -0.4 is 20.5 Å². The number of fused-ring (bicyclic) bond motifs is 1. The van der Waals surface area contributed by atoms with Gasteiger partial charge in [-0.15, -0.1) is 0 Å². The van der Waals surface area contributed by atoms with Crippen LogP contribution in [0, 0.1) is 0 Å². The van der Waals surface area contributed by atoms with Crippen molar-refractivity contribution in [1.82, 2.24) is 9.97 Å². The highest BCUT2D eigenvalue weighted by Crippen LogP contribution is 2.33. The molecule has 0 spiro atoms. The fraction of sp³-hybridized carbons (Fsp3) is 0.333. The van der Waals surface area contributed by atoms with Crippen LogP contribution >= 0.6 is 0 Å². The second-order valence-electron chi connectivity index (χ2n) is 5.82. The number of anilines is 2. The molecule has 132 valence electrons. The lowest BCUT2D eigenvalue weighted by molar-refractivity contribution is 0.356. The van der Waals surface area contributed by atoms with Crippen LogP contribution in [-0.2, 0) is 6.42 Å². The maximum absolute atomic E-state index is 6.10. The van der Waals surface area contributed by atoms with Crippen LogP contribution in [0.3, 0.4) is 0 Å². The molecule has 0 bridgehead atoms. The monoisotopic (exact) mass is 342 g/mol. The van der Waals surface area contributed by atoms with Crippen molar-refractivity contribution in [2.24, 2.45) is 0 Å². The summed E-state index contributed by atoms with van der Waals surface area (Å²) in [7, 11) is 3.17. The number of furan rings is 1. The number of aromatic nitrogens is 2. The Bertz CT molecular complexity index is 849. The van der Waals surface area contributed by atoms with Crippen molar-refractivity contribution in [2.45, 2.75) is 25.8 Å². The average molecular weight is 342 g/mol. The van der Waals surface area contributed by atoms with E-state index < -0.39 is 0 Å². The number of aryl methyl sites for hydroxylation is 1. The number of nitrogens with two attached hydrogens (primary N) is 1. The first kappa shape index (κ1) is 16.9. The predicted octanol–water partition coefficient (Wildman–Crippen LogP) is 3.26. The normalized spacial score (nSPS) is 12.1. The van der Waals surface area contributed by atoms with E-state index in [4.69, 9.17) is 19.6 Å². The van der Waals surface area contributed by atoms with Gasteiger partial charge in [-0.3, -0.25) is 0 Å². The highest BCUT2D eigenvalue weighted by molar-refractivity contribution is 5.91. The van der Waals surface area contributed by atoms with Gasteiger partial charge in [-0.1, -0.05) is 0 Å². The van der Waals surface area contributed by atoms with Gasteiger partial charge < -0.3 is 24.9 Å². The summed E-state index contributed by atoms with van der Waals surface area (Å²) < 4.78 is 16.0. The van der Waals surface area contributed by atoms with E-state index >= 15 is 0 Å². The molecule has 0 radical (unpaired) electrons. The Kier molecular flexibility index (Phi) is 4.92. The number of ether oxygens (including phenoxy) is 2. The van der Waals surface area contributed by atoms with Crippen LogP contribution in [0.25, 0.3) is 10.9 Å². The molecule has 1 unspecified atom stereocenters. The zero-order valence-corrected chi connectivity index (χ0v) is 14.6. The van der Waals surface area contributed by atoms with Gasteiger partial charge in [-0.05, 0) is 31.5 Å². The minimum atomic E-state index is 0.169. The lowest BCUT2D eigenvalue weighted by Crippen LogP contribution is -2.18. The topological polar surface area (TPSA) is 95.4 Å². The maximum atomic E-state index is 6.10. The fourth-order valence-corrected chi connectivity index (χ4v) is 2.65. The molecule has 0 saturated heterocycles. The van der Waals surface area contributed by atoms with E-state index in [1.807, 2.05) is 12.1 Å². The summed E-state index contributed by atoms with van der Waals surface area (Å²) in [5, 5.41) is 4.02. The molecule has 2 heterocycles. The summed E-state index contributed by atoms with van der Waals surface area (Å²) in [6, 6.07) is 7.61. The van der Waals surface area contributed by atoms with Crippen molar-refractivity contribution in [1.29, 1.82) is 0 Å². The van der Waals surface area contributed by atoms with Crippen molar-refractivity contribution in [3.05, 3.63) is 36.3 Å². The highest BCUT2D eigenvalue weighted by atomic mass is 16.5. The van der Waals surface area contributed by atoms with Crippen molar-refractivity contribution in [2.75, 3.05) is 25.3 Å². The van der Waals surface area contributed by atoms with Gasteiger partial charge in [0.05, 0.1) is 26.0 Å². The average Bonchev–Trinajstić information content (AvgIpc) is 3.12. The van der Waals surface area contributed by atoms with E-state index in [1.54, 1.807) is 32.6 Å². The second kappa shape index (κ2) is 7.29. The molecular formula is C18H22N4O3. The molecule has 3 rings (SSSR count). The van der Waals surface area contributed by atoms with Gasteiger partial charge in [-0.25, -0.2) is 4.98 Å². The van der Waals surface area contributed by atoms with Gasteiger partial charge in [0.15, 0.2) is 11.5 Å². The van der Waals surface area contributed by atoms with E-state index in [2.05, 4.69) is 22.2 Å². The van der Waals surface area contributed by atoms with E-state index in [1.165, 1.54) is 0 Å². The molecule has 0 amide bonds. The Morgan fingerprint density at radius 2 is 1.96 bits per heavy atom. The lowest BCUT2D eigenvalue weighted by atomic mass is 10.1. The lowest BCUT2D eigenvalue weighted by Gasteiger charge is -2.15. The van der Waals surface area contributed by atoms with Crippen LogP contribution in [0.1, 0.15) is 19.1 Å². The molecule has 7 nitrogen and oxygen atoms in total. The minimum absolute atomic E-state index is 0.169. The highest BCUT2D eigenvalue weighted by Gasteiger charge is 2.13. The zero-order chi connectivity index (χ0) is 17.8. The van der Waals surface area contributed by atoms with Gasteiger partial charge in [0.25, 0.3) is 0 Å². The second-order valence-corrected chi connectivity index (χ2v) is 5.82. The van der Waals surface area contributed by atoms with Crippen molar-refractivity contribution < 1.29 is 13.9 Å². The van der Waals surface area contributed by atoms with Crippen LogP contribution in [0.4, 0.5) is 11.8 Å². The SMILES string of the molecule is COc1cc2nc(NC(C)CCc3ccco3)nc(N)c2cc1OC. The summed E-state index contributed by atoms with van der Waals surface area (Å²) in [6.45, 7) is 2.07. The first-order valence-electron chi connectivity index (χ1n) is 8.09. The fourth-order valence-electron chi connectivity index (χ4n) is 2.65. The van der Waals surface area contributed by atoms with E-state index in [-0.39, 0.29) is 6.04 Å². The number of hydrogen-bond donors (Lipinski definition) is 2. The van der Waals surface area contributed by atoms with Crippen molar-refractivity contribution in [3.63, 3.8) is 0 Å². The van der Waals surface area contributed by atoms with E-state index in [0.717, 1.165) is 24.0 Å². The Hall–Kier alpha value is -2.96. The predicted molar refractivity (Wildman–Crippen MR) is 97.2 cm³/mol. The van der Waals surface area contributed by atoms with Crippen LogP contribution in [0.15, 0.2) is 34.9 Å². The Balaban J connectivity index is 1.79. The molecule has 25 heavy (non-hydrogen) atoms. The smallest absolute Gasteiger partial charge is 0.225 e. The van der Waals surface area contributed by atoms with Gasteiger partial charge in [-0.2, -0.15) is 4.98 Å². The molecule has 3 aromatic rings. The molecule has 0 aliphatic heterocycles. The molecule has 0 fully saturated rings. The third kappa shape index (κ3) is 3.76. The molecule has 0 aliphatic rings. The van der Waals surface area contributed by atoms with Gasteiger partial charge in [0.2, 0.25) is 5.95 Å². The zero-order valence-electron chi connectivity index (χ0n) is 14.6. The minimum Gasteiger partial charge on any atom is -0.493 e. The molecule has 7 heteroatoms. The quantitative estimate of drug-likeness (QED) is 0.680. The number of methoxy groups -OCH3 is 2. The van der Waals surface area contributed by atoms with Crippen LogP contribution in [0.5, 0.6) is 11.5 Å². The largest absolute Gasteiger partial charge is 0.493 e. The maximum Gasteiger partial charge on any atom is 0.225 e. The molecule has 0 saturated carbocycles. The molecule has 1 atom stereocenters. The third-order valence-electron chi connectivity index (χ3n) is 4.01. The number of benzene rings is 1. The Labute approximate surface area is 146 Å². The Morgan fingerprint density at radius 3 is 2.64 bits per heavy atom. The third-order valence-corrected chi connectivity index (χ3v) is 4.01. The number of hydrogen-bond acceptors (Lipinski definition) is 7. The number of nitrogens with one attached hydrogen (secondary N) is 1. The first-order valence-corrected chi connectivity index (χ1v) is 8.09. The Morgan fingerprint density at radius 1 is 1.20 bits per heavy atom. The van der Waals surface area contributed by atoms with Gasteiger partial charge in [0.1, 0.15) is 11.6 Å². The van der Waals surface area contributed by atoms with E-state index in [0.29, 0.717) is 28.8 Å².